The molecule has 0 radical (unpaired) electrons. The molecule has 1 rings (SSSR count). The van der Waals surface area contributed by atoms with E-state index in [2.05, 4.69) is 19.2 Å². The van der Waals surface area contributed by atoms with Crippen LogP contribution < -0.4 is 5.32 Å². The summed E-state index contributed by atoms with van der Waals surface area (Å²) in [4.78, 5) is 13.7. The van der Waals surface area contributed by atoms with Gasteiger partial charge in [0.25, 0.3) is 0 Å². The Morgan fingerprint density at radius 3 is 2.56 bits per heavy atom. The fourth-order valence-corrected chi connectivity index (χ4v) is 2.17. The fraction of sp³-hybridized carbons (Fsp3) is 0.923. The molecule has 94 valence electrons. The van der Waals surface area contributed by atoms with Crippen LogP contribution in [0.4, 0.5) is 4.79 Å². The molecule has 0 aromatic carbocycles. The average molecular weight is 226 g/mol. The maximum Gasteiger partial charge on any atom is 0.317 e. The van der Waals surface area contributed by atoms with Crippen LogP contribution in [0.2, 0.25) is 0 Å². The number of carbonyl (C=O) groups excluding carboxylic acids is 1. The lowest BCUT2D eigenvalue weighted by molar-refractivity contribution is 0.204. The molecule has 1 aliphatic rings. The van der Waals surface area contributed by atoms with Gasteiger partial charge in [0, 0.05) is 19.1 Å². The van der Waals surface area contributed by atoms with Gasteiger partial charge in [-0.3, -0.25) is 0 Å². The van der Waals surface area contributed by atoms with Crippen molar-refractivity contribution in [2.24, 2.45) is 0 Å². The molecule has 3 nitrogen and oxygen atoms in total. The predicted octanol–water partition coefficient (Wildman–Crippen LogP) is 3.15. The van der Waals surface area contributed by atoms with E-state index in [1.807, 2.05) is 4.90 Å². The van der Waals surface area contributed by atoms with Crippen molar-refractivity contribution < 1.29 is 4.79 Å². The SMILES string of the molecule is CCCCCCC(C)NC(=O)N1CCCC1. The first kappa shape index (κ1) is 13.3. The van der Waals surface area contributed by atoms with E-state index >= 15 is 0 Å². The fourth-order valence-electron chi connectivity index (χ4n) is 2.17. The molecule has 0 aromatic heterocycles. The van der Waals surface area contributed by atoms with E-state index in [1.165, 1.54) is 25.7 Å². The van der Waals surface area contributed by atoms with E-state index in [9.17, 15) is 4.79 Å². The van der Waals surface area contributed by atoms with Crippen LogP contribution >= 0.6 is 0 Å². The second-order valence-electron chi connectivity index (χ2n) is 4.89. The molecule has 1 atom stereocenters. The highest BCUT2D eigenvalue weighted by atomic mass is 16.2. The maximum atomic E-state index is 11.8. The van der Waals surface area contributed by atoms with Crippen LogP contribution in [0.3, 0.4) is 0 Å². The lowest BCUT2D eigenvalue weighted by Crippen LogP contribution is -2.42. The molecule has 3 heteroatoms. The van der Waals surface area contributed by atoms with Gasteiger partial charge in [0.05, 0.1) is 0 Å². The topological polar surface area (TPSA) is 32.3 Å². The van der Waals surface area contributed by atoms with Crippen LogP contribution in [0.5, 0.6) is 0 Å². The number of rotatable bonds is 6. The minimum absolute atomic E-state index is 0.139. The number of nitrogens with one attached hydrogen (secondary N) is 1. The zero-order valence-electron chi connectivity index (χ0n) is 10.8. The second kappa shape index (κ2) is 7.53. The first-order chi connectivity index (χ1) is 7.74. The summed E-state index contributed by atoms with van der Waals surface area (Å²) in [6, 6.07) is 0.463. The first-order valence-electron chi connectivity index (χ1n) is 6.79. The van der Waals surface area contributed by atoms with Crippen molar-refractivity contribution in [3.05, 3.63) is 0 Å². The molecule has 1 saturated heterocycles. The van der Waals surface area contributed by atoms with Crippen LogP contribution in [-0.2, 0) is 0 Å². The van der Waals surface area contributed by atoms with Crippen molar-refractivity contribution in [2.45, 2.75) is 64.8 Å². The Bertz CT molecular complexity index is 200. The van der Waals surface area contributed by atoms with E-state index < -0.39 is 0 Å². The quantitative estimate of drug-likeness (QED) is 0.693. The molecular weight excluding hydrogens is 200 g/mol. The van der Waals surface area contributed by atoms with Crippen molar-refractivity contribution in [3.63, 3.8) is 0 Å². The summed E-state index contributed by atoms with van der Waals surface area (Å²) in [5.41, 5.74) is 0. The molecule has 16 heavy (non-hydrogen) atoms. The lowest BCUT2D eigenvalue weighted by Gasteiger charge is -2.20. The van der Waals surface area contributed by atoms with E-state index in [0.717, 1.165) is 32.4 Å². The predicted molar refractivity (Wildman–Crippen MR) is 67.6 cm³/mol. The van der Waals surface area contributed by atoms with Gasteiger partial charge in [0.15, 0.2) is 0 Å². The number of unbranched alkanes of at least 4 members (excludes halogenated alkanes) is 3. The number of carbonyl (C=O) groups is 1. The second-order valence-corrected chi connectivity index (χ2v) is 4.89. The average Bonchev–Trinajstić information content (AvgIpc) is 2.77. The van der Waals surface area contributed by atoms with Gasteiger partial charge < -0.3 is 10.2 Å². The number of likely N-dealkylation sites (tertiary alicyclic amines) is 1. The molecule has 1 N–H and O–H groups in total. The summed E-state index contributed by atoms with van der Waals surface area (Å²) in [5, 5.41) is 3.09. The molecule has 2 amide bonds. The molecule has 1 unspecified atom stereocenters. The lowest BCUT2D eigenvalue weighted by atomic mass is 10.1. The molecule has 0 aromatic rings. The van der Waals surface area contributed by atoms with Crippen LogP contribution in [0.1, 0.15) is 58.8 Å². The molecule has 0 saturated carbocycles. The highest BCUT2D eigenvalue weighted by molar-refractivity contribution is 5.74. The molecule has 1 aliphatic heterocycles. The van der Waals surface area contributed by atoms with Crippen molar-refractivity contribution in [1.29, 1.82) is 0 Å². The molecule has 1 fully saturated rings. The minimum Gasteiger partial charge on any atom is -0.336 e. The molecule has 0 bridgehead atoms. The molecule has 0 spiro atoms. The van der Waals surface area contributed by atoms with Crippen molar-refractivity contribution in [3.8, 4) is 0 Å². The van der Waals surface area contributed by atoms with Gasteiger partial charge in [0.2, 0.25) is 0 Å². The highest BCUT2D eigenvalue weighted by Crippen LogP contribution is 2.09. The van der Waals surface area contributed by atoms with Crippen molar-refractivity contribution in [1.82, 2.24) is 10.2 Å². The zero-order chi connectivity index (χ0) is 11.8. The first-order valence-corrected chi connectivity index (χ1v) is 6.79. The summed E-state index contributed by atoms with van der Waals surface area (Å²) >= 11 is 0. The molecular formula is C13H26N2O. The number of nitrogens with zero attached hydrogens (tertiary/aromatic N) is 1. The van der Waals surface area contributed by atoms with Gasteiger partial charge in [-0.15, -0.1) is 0 Å². The summed E-state index contributed by atoms with van der Waals surface area (Å²) in [6.07, 6.45) is 8.55. The van der Waals surface area contributed by atoms with Gasteiger partial charge in [-0.1, -0.05) is 32.6 Å². The smallest absolute Gasteiger partial charge is 0.317 e. The van der Waals surface area contributed by atoms with Gasteiger partial charge in [0.1, 0.15) is 0 Å². The summed E-state index contributed by atoms with van der Waals surface area (Å²) in [5.74, 6) is 0. The zero-order valence-corrected chi connectivity index (χ0v) is 10.8. The van der Waals surface area contributed by atoms with Gasteiger partial charge >= 0.3 is 6.03 Å². The third-order valence-electron chi connectivity index (χ3n) is 3.25. The summed E-state index contributed by atoms with van der Waals surface area (Å²) < 4.78 is 0. The Balaban J connectivity index is 2.08. The number of hydrogen-bond acceptors (Lipinski definition) is 1. The van der Waals surface area contributed by atoms with E-state index in [4.69, 9.17) is 0 Å². The monoisotopic (exact) mass is 226 g/mol. The number of urea groups is 1. The molecule has 1 heterocycles. The Hall–Kier alpha value is -0.730. The summed E-state index contributed by atoms with van der Waals surface area (Å²) in [7, 11) is 0. The highest BCUT2D eigenvalue weighted by Gasteiger charge is 2.18. The van der Waals surface area contributed by atoms with Crippen molar-refractivity contribution in [2.75, 3.05) is 13.1 Å². The van der Waals surface area contributed by atoms with Crippen LogP contribution in [0.25, 0.3) is 0 Å². The van der Waals surface area contributed by atoms with E-state index in [0.29, 0.717) is 6.04 Å². The third kappa shape index (κ3) is 4.86. The Morgan fingerprint density at radius 2 is 1.94 bits per heavy atom. The van der Waals surface area contributed by atoms with Crippen molar-refractivity contribution >= 4 is 6.03 Å². The third-order valence-corrected chi connectivity index (χ3v) is 3.25. The largest absolute Gasteiger partial charge is 0.336 e. The van der Waals surface area contributed by atoms with Gasteiger partial charge in [-0.2, -0.15) is 0 Å². The Kier molecular flexibility index (Phi) is 6.27. The van der Waals surface area contributed by atoms with Gasteiger partial charge in [-0.25, -0.2) is 4.79 Å². The van der Waals surface area contributed by atoms with Crippen LogP contribution in [-0.4, -0.2) is 30.1 Å². The van der Waals surface area contributed by atoms with Crippen LogP contribution in [0.15, 0.2) is 0 Å². The minimum atomic E-state index is 0.139. The van der Waals surface area contributed by atoms with Crippen LogP contribution in [0, 0.1) is 0 Å². The standard InChI is InChI=1S/C13H26N2O/c1-3-4-5-6-9-12(2)14-13(16)15-10-7-8-11-15/h12H,3-11H2,1-2H3,(H,14,16). The Morgan fingerprint density at radius 1 is 1.25 bits per heavy atom. The molecule has 0 aliphatic carbocycles. The Labute approximate surface area is 99.6 Å². The van der Waals surface area contributed by atoms with E-state index in [-0.39, 0.29) is 6.03 Å². The maximum absolute atomic E-state index is 11.8. The number of amides is 2. The normalized spacial score (nSPS) is 17.5. The number of hydrogen-bond donors (Lipinski definition) is 1. The van der Waals surface area contributed by atoms with Gasteiger partial charge in [-0.05, 0) is 26.2 Å². The summed E-state index contributed by atoms with van der Waals surface area (Å²) in [6.45, 7) is 6.21. The van der Waals surface area contributed by atoms with E-state index in [1.54, 1.807) is 0 Å².